The summed E-state index contributed by atoms with van der Waals surface area (Å²) in [4.78, 5) is 0. The van der Waals surface area contributed by atoms with Crippen LogP contribution in [-0.4, -0.2) is 15.3 Å². The molecule has 0 unspecified atom stereocenters. The normalized spacial score (nSPS) is 17.9. The van der Waals surface area contributed by atoms with Gasteiger partial charge in [0.15, 0.2) is 6.23 Å². The summed E-state index contributed by atoms with van der Waals surface area (Å²) in [6, 6.07) is 4.35. The van der Waals surface area contributed by atoms with Crippen molar-refractivity contribution in [3.05, 3.63) is 35.8 Å². The van der Waals surface area contributed by atoms with Gasteiger partial charge in [-0.05, 0) is 18.2 Å². The van der Waals surface area contributed by atoms with Gasteiger partial charge in [-0.15, -0.1) is 0 Å². The lowest BCUT2D eigenvalue weighted by Crippen LogP contribution is -2.15. The summed E-state index contributed by atoms with van der Waals surface area (Å²) in [6.45, 7) is 0. The van der Waals surface area contributed by atoms with Gasteiger partial charge in [0.1, 0.15) is 5.82 Å². The van der Waals surface area contributed by atoms with Crippen molar-refractivity contribution in [2.24, 2.45) is 0 Å². The number of nitrogens with zero attached hydrogens (tertiary/aromatic N) is 1. The molecule has 0 bridgehead atoms. The number of hydrogen-bond donors (Lipinski definition) is 3. The average molecular weight is 205 g/mol. The number of aromatic amines is 1. The van der Waals surface area contributed by atoms with Crippen LogP contribution in [0.3, 0.4) is 0 Å². The summed E-state index contributed by atoms with van der Waals surface area (Å²) in [5.74, 6) is -0.313. The molecule has 0 radical (unpaired) electrons. The molecule has 1 aliphatic heterocycles. The highest BCUT2D eigenvalue weighted by Gasteiger charge is 2.24. The molecule has 1 atom stereocenters. The molecule has 15 heavy (non-hydrogen) atoms. The first-order chi connectivity index (χ1) is 7.25. The first-order valence-electron chi connectivity index (χ1n) is 4.53. The van der Waals surface area contributed by atoms with Crippen LogP contribution in [0.4, 0.5) is 10.1 Å². The lowest BCUT2D eigenvalue weighted by Gasteiger charge is -2.22. The summed E-state index contributed by atoms with van der Waals surface area (Å²) in [5, 5.41) is 19.1. The third-order valence-corrected chi connectivity index (χ3v) is 2.51. The molecule has 1 aromatic heterocycles. The van der Waals surface area contributed by atoms with Gasteiger partial charge < -0.3 is 10.4 Å². The predicted octanol–water partition coefficient (Wildman–Crippen LogP) is 1.63. The molecule has 76 valence electrons. The van der Waals surface area contributed by atoms with Gasteiger partial charge in [-0.25, -0.2) is 4.39 Å². The van der Waals surface area contributed by atoms with Gasteiger partial charge in [0, 0.05) is 16.8 Å². The Kier molecular flexibility index (Phi) is 1.58. The van der Waals surface area contributed by atoms with E-state index in [1.165, 1.54) is 18.3 Å². The number of anilines is 1. The second kappa shape index (κ2) is 2.80. The van der Waals surface area contributed by atoms with E-state index in [9.17, 15) is 9.50 Å². The molecule has 0 spiro atoms. The van der Waals surface area contributed by atoms with Crippen molar-refractivity contribution in [2.75, 3.05) is 5.32 Å². The van der Waals surface area contributed by atoms with Crippen LogP contribution >= 0.6 is 0 Å². The van der Waals surface area contributed by atoms with Gasteiger partial charge in [0.2, 0.25) is 0 Å². The Bertz CT molecular complexity index is 523. The number of benzene rings is 1. The van der Waals surface area contributed by atoms with Crippen LogP contribution in [-0.2, 0) is 0 Å². The van der Waals surface area contributed by atoms with E-state index in [0.29, 0.717) is 22.5 Å². The number of nitrogens with one attached hydrogen (secondary N) is 2. The van der Waals surface area contributed by atoms with E-state index >= 15 is 0 Å². The van der Waals surface area contributed by atoms with Crippen LogP contribution in [0.5, 0.6) is 0 Å². The summed E-state index contributed by atoms with van der Waals surface area (Å²) < 4.78 is 13.1. The molecule has 3 rings (SSSR count). The van der Waals surface area contributed by atoms with E-state index in [4.69, 9.17) is 0 Å². The van der Waals surface area contributed by atoms with Crippen LogP contribution < -0.4 is 5.32 Å². The number of rotatable bonds is 0. The van der Waals surface area contributed by atoms with E-state index < -0.39 is 6.23 Å². The third-order valence-electron chi connectivity index (χ3n) is 2.51. The number of halogens is 1. The van der Waals surface area contributed by atoms with Crippen LogP contribution in [0, 0.1) is 5.82 Å². The molecule has 0 aliphatic carbocycles. The predicted molar refractivity (Wildman–Crippen MR) is 52.6 cm³/mol. The number of H-pyrrole nitrogens is 1. The second-order valence-electron chi connectivity index (χ2n) is 3.44. The Morgan fingerprint density at radius 3 is 3.13 bits per heavy atom. The van der Waals surface area contributed by atoms with Crippen molar-refractivity contribution < 1.29 is 9.50 Å². The molecule has 0 fully saturated rings. The first-order valence-corrected chi connectivity index (χ1v) is 4.53. The highest BCUT2D eigenvalue weighted by molar-refractivity contribution is 5.80. The number of aliphatic hydroxyl groups is 1. The minimum atomic E-state index is -0.795. The molecule has 1 aliphatic rings. The van der Waals surface area contributed by atoms with E-state index in [1.54, 1.807) is 6.07 Å². The molecule has 0 saturated carbocycles. The average Bonchev–Trinajstić information content (AvgIpc) is 2.69. The Morgan fingerprint density at radius 1 is 1.40 bits per heavy atom. The molecular weight excluding hydrogens is 197 g/mol. The summed E-state index contributed by atoms with van der Waals surface area (Å²) in [6.07, 6.45) is 0.734. The molecule has 1 aromatic carbocycles. The fourth-order valence-corrected chi connectivity index (χ4v) is 1.79. The van der Waals surface area contributed by atoms with Crippen molar-refractivity contribution in [1.29, 1.82) is 0 Å². The van der Waals surface area contributed by atoms with Crippen molar-refractivity contribution in [1.82, 2.24) is 10.2 Å². The minimum Gasteiger partial charge on any atom is -0.369 e. The van der Waals surface area contributed by atoms with Gasteiger partial charge >= 0.3 is 0 Å². The smallest absolute Gasteiger partial charge is 0.154 e. The number of hydrogen-bond acceptors (Lipinski definition) is 3. The van der Waals surface area contributed by atoms with Crippen molar-refractivity contribution >= 4 is 5.69 Å². The number of aromatic nitrogens is 2. The zero-order valence-corrected chi connectivity index (χ0v) is 7.66. The Labute approximate surface area is 84.8 Å². The summed E-state index contributed by atoms with van der Waals surface area (Å²) in [5.41, 5.74) is 2.68. The zero-order chi connectivity index (χ0) is 10.4. The van der Waals surface area contributed by atoms with E-state index in [2.05, 4.69) is 15.5 Å². The van der Waals surface area contributed by atoms with Crippen LogP contribution in [0.15, 0.2) is 24.4 Å². The van der Waals surface area contributed by atoms with Gasteiger partial charge in [-0.1, -0.05) is 0 Å². The lowest BCUT2D eigenvalue weighted by molar-refractivity contribution is 0.207. The molecule has 5 heteroatoms. The molecule has 2 heterocycles. The molecule has 2 aromatic rings. The van der Waals surface area contributed by atoms with Gasteiger partial charge in [0.05, 0.1) is 11.9 Å². The van der Waals surface area contributed by atoms with E-state index in [-0.39, 0.29) is 5.82 Å². The topological polar surface area (TPSA) is 60.9 Å². The Morgan fingerprint density at radius 2 is 2.27 bits per heavy atom. The maximum atomic E-state index is 13.1. The highest BCUT2D eigenvalue weighted by atomic mass is 19.1. The zero-order valence-electron chi connectivity index (χ0n) is 7.66. The molecular formula is C10H8FN3O. The van der Waals surface area contributed by atoms with Gasteiger partial charge in [0.25, 0.3) is 0 Å². The maximum Gasteiger partial charge on any atom is 0.154 e. The maximum absolute atomic E-state index is 13.1. The number of fused-ring (bicyclic) bond motifs is 3. The van der Waals surface area contributed by atoms with E-state index in [0.717, 1.165) is 0 Å². The van der Waals surface area contributed by atoms with Crippen molar-refractivity contribution in [3.63, 3.8) is 0 Å². The Balaban J connectivity index is 2.28. The Hall–Kier alpha value is -1.88. The van der Waals surface area contributed by atoms with Crippen LogP contribution in [0.2, 0.25) is 0 Å². The first kappa shape index (κ1) is 8.43. The van der Waals surface area contributed by atoms with Crippen molar-refractivity contribution in [3.8, 4) is 11.3 Å². The molecule has 0 amide bonds. The fourth-order valence-electron chi connectivity index (χ4n) is 1.79. The molecule has 3 N–H and O–H groups in total. The third kappa shape index (κ3) is 1.13. The summed E-state index contributed by atoms with van der Waals surface area (Å²) in [7, 11) is 0. The highest BCUT2D eigenvalue weighted by Crippen LogP contribution is 2.38. The van der Waals surface area contributed by atoms with Crippen LogP contribution in [0.1, 0.15) is 11.8 Å². The summed E-state index contributed by atoms with van der Waals surface area (Å²) >= 11 is 0. The lowest BCUT2D eigenvalue weighted by atomic mass is 10.0. The largest absolute Gasteiger partial charge is 0.369 e. The molecule has 4 nitrogen and oxygen atoms in total. The fraction of sp³-hybridized carbons (Fsp3) is 0.100. The SMILES string of the molecule is O[C@H]1Nc2ccc(F)cc2-c2[nH]ncc21. The van der Waals surface area contributed by atoms with Gasteiger partial charge in [-0.2, -0.15) is 5.10 Å². The van der Waals surface area contributed by atoms with E-state index in [1.807, 2.05) is 0 Å². The molecule has 0 saturated heterocycles. The van der Waals surface area contributed by atoms with Crippen LogP contribution in [0.25, 0.3) is 11.3 Å². The number of aliphatic hydroxyl groups excluding tert-OH is 1. The minimum absolute atomic E-state index is 0.313. The monoisotopic (exact) mass is 205 g/mol. The van der Waals surface area contributed by atoms with Gasteiger partial charge in [-0.3, -0.25) is 5.10 Å². The van der Waals surface area contributed by atoms with Crippen molar-refractivity contribution in [2.45, 2.75) is 6.23 Å². The quantitative estimate of drug-likeness (QED) is 0.612. The standard InChI is InChI=1S/C10H8FN3O/c11-5-1-2-8-6(3-5)9-7(4-12-14-9)10(15)13-8/h1-4,10,13,15H,(H,12,14)/t10-/m1/s1. The second-order valence-corrected chi connectivity index (χ2v) is 3.44.